The lowest BCUT2D eigenvalue weighted by Gasteiger charge is -2.11. The highest BCUT2D eigenvalue weighted by Gasteiger charge is 2.32. The van der Waals surface area contributed by atoms with Gasteiger partial charge in [0, 0.05) is 23.3 Å². The number of aromatic nitrogens is 4. The molecule has 0 unspecified atom stereocenters. The zero-order valence-electron chi connectivity index (χ0n) is 13.6. The molecule has 8 heteroatoms. The van der Waals surface area contributed by atoms with Crippen LogP contribution < -0.4 is 0 Å². The molecule has 27 heavy (non-hydrogen) atoms. The van der Waals surface area contributed by atoms with Crippen molar-refractivity contribution in [3.63, 3.8) is 0 Å². The lowest BCUT2D eigenvalue weighted by Crippen LogP contribution is -2.08. The summed E-state index contributed by atoms with van der Waals surface area (Å²) in [6, 6.07) is 9.87. The van der Waals surface area contributed by atoms with Gasteiger partial charge in [-0.1, -0.05) is 6.07 Å². The van der Waals surface area contributed by atoms with Crippen LogP contribution in [0.1, 0.15) is 5.69 Å². The topological polar surface area (TPSA) is 51.6 Å². The Bertz CT molecular complexity index is 1130. The average Bonchev–Trinajstić information content (AvgIpc) is 2.67. The third kappa shape index (κ3) is 3.21. The fourth-order valence-corrected chi connectivity index (χ4v) is 2.78. The number of benzene rings is 1. The van der Waals surface area contributed by atoms with Gasteiger partial charge in [-0.3, -0.25) is 0 Å². The highest BCUT2D eigenvalue weighted by atomic mass is 19.4. The van der Waals surface area contributed by atoms with Crippen LogP contribution in [0.25, 0.3) is 33.4 Å². The molecule has 0 aliphatic heterocycles. The molecule has 4 rings (SSSR count). The van der Waals surface area contributed by atoms with Crippen LogP contribution in [-0.4, -0.2) is 19.9 Å². The van der Waals surface area contributed by atoms with Crippen molar-refractivity contribution in [3.8, 4) is 22.4 Å². The SMILES string of the molecule is Fc1ccc(-c2ccnc3nc(C(F)(F)F)ccc23)cc1-c1ccncn1. The molecule has 0 aliphatic rings. The number of pyridine rings is 2. The zero-order chi connectivity index (χ0) is 19.0. The summed E-state index contributed by atoms with van der Waals surface area (Å²) in [5.74, 6) is -0.465. The second-order valence-electron chi connectivity index (χ2n) is 5.71. The summed E-state index contributed by atoms with van der Waals surface area (Å²) in [5, 5.41) is 0.436. The maximum atomic E-state index is 14.3. The standard InChI is InChI=1S/C19H10F4N4/c20-15-3-1-11(9-14(15)16-6-7-24-10-26-16)12-5-8-25-18-13(12)2-4-17(27-18)19(21,22)23/h1-10H. The van der Waals surface area contributed by atoms with Crippen LogP contribution in [0.15, 0.2) is 61.2 Å². The van der Waals surface area contributed by atoms with E-state index in [1.54, 1.807) is 24.3 Å². The van der Waals surface area contributed by atoms with E-state index in [-0.39, 0.29) is 11.2 Å². The molecule has 0 saturated heterocycles. The van der Waals surface area contributed by atoms with Gasteiger partial charge in [0.2, 0.25) is 0 Å². The van der Waals surface area contributed by atoms with Gasteiger partial charge in [0.1, 0.15) is 17.8 Å². The maximum Gasteiger partial charge on any atom is 0.433 e. The van der Waals surface area contributed by atoms with Crippen LogP contribution in [0.3, 0.4) is 0 Å². The second kappa shape index (κ2) is 6.39. The fourth-order valence-electron chi connectivity index (χ4n) is 2.78. The van der Waals surface area contributed by atoms with E-state index in [2.05, 4.69) is 19.9 Å². The monoisotopic (exact) mass is 370 g/mol. The number of rotatable bonds is 2. The summed E-state index contributed by atoms with van der Waals surface area (Å²) in [7, 11) is 0. The molecule has 0 bridgehead atoms. The van der Waals surface area contributed by atoms with E-state index < -0.39 is 17.7 Å². The van der Waals surface area contributed by atoms with E-state index in [1.165, 1.54) is 30.9 Å². The summed E-state index contributed by atoms with van der Waals surface area (Å²) in [4.78, 5) is 15.4. The smallest absolute Gasteiger partial charge is 0.245 e. The van der Waals surface area contributed by atoms with E-state index >= 15 is 0 Å². The Hall–Kier alpha value is -3.42. The van der Waals surface area contributed by atoms with Crippen molar-refractivity contribution in [2.45, 2.75) is 6.18 Å². The summed E-state index contributed by atoms with van der Waals surface area (Å²) in [5.41, 5.74) is 0.825. The third-order valence-electron chi connectivity index (χ3n) is 4.03. The molecule has 0 N–H and O–H groups in total. The largest absolute Gasteiger partial charge is 0.433 e. The van der Waals surface area contributed by atoms with E-state index in [0.29, 0.717) is 22.2 Å². The fraction of sp³-hybridized carbons (Fsp3) is 0.0526. The number of hydrogen-bond acceptors (Lipinski definition) is 4. The highest BCUT2D eigenvalue weighted by molar-refractivity contribution is 5.93. The molecular formula is C19H10F4N4. The minimum absolute atomic E-state index is 0.0322. The molecule has 0 saturated carbocycles. The zero-order valence-corrected chi connectivity index (χ0v) is 13.6. The molecule has 0 aliphatic carbocycles. The maximum absolute atomic E-state index is 14.3. The predicted octanol–water partition coefficient (Wildman–Crippen LogP) is 4.91. The highest BCUT2D eigenvalue weighted by Crippen LogP contribution is 2.33. The van der Waals surface area contributed by atoms with Crippen molar-refractivity contribution in [1.29, 1.82) is 0 Å². The summed E-state index contributed by atoms with van der Waals surface area (Å²) in [6.45, 7) is 0. The number of halogens is 4. The van der Waals surface area contributed by atoms with Crippen LogP contribution in [0.2, 0.25) is 0 Å². The third-order valence-corrected chi connectivity index (χ3v) is 4.03. The minimum Gasteiger partial charge on any atom is -0.245 e. The van der Waals surface area contributed by atoms with Gasteiger partial charge in [0.25, 0.3) is 0 Å². The second-order valence-corrected chi connectivity index (χ2v) is 5.71. The predicted molar refractivity (Wildman–Crippen MR) is 91.0 cm³/mol. The van der Waals surface area contributed by atoms with Gasteiger partial charge in [0.15, 0.2) is 5.65 Å². The molecule has 0 atom stereocenters. The Labute approximate surface area is 150 Å². The Morgan fingerprint density at radius 2 is 1.67 bits per heavy atom. The van der Waals surface area contributed by atoms with Crippen molar-refractivity contribution in [3.05, 3.63) is 72.7 Å². The molecule has 134 valence electrons. The average molecular weight is 370 g/mol. The molecule has 3 aromatic heterocycles. The van der Waals surface area contributed by atoms with E-state index in [4.69, 9.17) is 0 Å². The summed E-state index contributed by atoms with van der Waals surface area (Å²) in [6.07, 6.45) is -0.370. The lowest BCUT2D eigenvalue weighted by atomic mass is 9.99. The Morgan fingerprint density at radius 3 is 2.41 bits per heavy atom. The summed E-state index contributed by atoms with van der Waals surface area (Å²) < 4.78 is 52.9. The van der Waals surface area contributed by atoms with Crippen LogP contribution in [0.5, 0.6) is 0 Å². The molecule has 3 heterocycles. The normalized spacial score (nSPS) is 11.7. The van der Waals surface area contributed by atoms with Crippen LogP contribution in [-0.2, 0) is 6.18 Å². The van der Waals surface area contributed by atoms with E-state index in [9.17, 15) is 17.6 Å². The van der Waals surface area contributed by atoms with Gasteiger partial charge in [-0.25, -0.2) is 24.3 Å². The lowest BCUT2D eigenvalue weighted by molar-refractivity contribution is -0.141. The van der Waals surface area contributed by atoms with Crippen LogP contribution >= 0.6 is 0 Å². The van der Waals surface area contributed by atoms with E-state index in [1.807, 2.05) is 0 Å². The quantitative estimate of drug-likeness (QED) is 0.471. The van der Waals surface area contributed by atoms with E-state index in [0.717, 1.165) is 6.07 Å². The number of alkyl halides is 3. The first-order chi connectivity index (χ1) is 12.9. The van der Waals surface area contributed by atoms with Crippen molar-refractivity contribution >= 4 is 11.0 Å². The van der Waals surface area contributed by atoms with Crippen molar-refractivity contribution < 1.29 is 17.6 Å². The Kier molecular flexibility index (Phi) is 4.02. The van der Waals surface area contributed by atoms with Gasteiger partial charge in [0.05, 0.1) is 5.69 Å². The molecule has 0 fully saturated rings. The molecule has 0 radical (unpaired) electrons. The van der Waals surface area contributed by atoms with Crippen LogP contribution in [0, 0.1) is 5.82 Å². The number of fused-ring (bicyclic) bond motifs is 1. The number of hydrogen-bond donors (Lipinski definition) is 0. The molecule has 1 aromatic carbocycles. The van der Waals surface area contributed by atoms with Gasteiger partial charge >= 0.3 is 6.18 Å². The first-order valence-electron chi connectivity index (χ1n) is 7.83. The number of nitrogens with zero attached hydrogens (tertiary/aromatic N) is 4. The Balaban J connectivity index is 1.88. The molecular weight excluding hydrogens is 360 g/mol. The first-order valence-corrected chi connectivity index (χ1v) is 7.83. The molecule has 4 nitrogen and oxygen atoms in total. The van der Waals surface area contributed by atoms with Crippen molar-refractivity contribution in [2.75, 3.05) is 0 Å². The van der Waals surface area contributed by atoms with Crippen molar-refractivity contribution in [2.24, 2.45) is 0 Å². The van der Waals surface area contributed by atoms with Gasteiger partial charge < -0.3 is 0 Å². The van der Waals surface area contributed by atoms with Gasteiger partial charge in [-0.2, -0.15) is 13.2 Å². The van der Waals surface area contributed by atoms with Gasteiger partial charge in [-0.05, 0) is 47.5 Å². The van der Waals surface area contributed by atoms with Crippen molar-refractivity contribution in [1.82, 2.24) is 19.9 Å². The van der Waals surface area contributed by atoms with Crippen LogP contribution in [0.4, 0.5) is 17.6 Å². The first kappa shape index (κ1) is 17.0. The Morgan fingerprint density at radius 1 is 0.815 bits per heavy atom. The molecule has 0 amide bonds. The minimum atomic E-state index is -4.55. The molecule has 4 aromatic rings. The van der Waals surface area contributed by atoms with Gasteiger partial charge in [-0.15, -0.1) is 0 Å². The molecule has 0 spiro atoms. The summed E-state index contributed by atoms with van der Waals surface area (Å²) >= 11 is 0.